The summed E-state index contributed by atoms with van der Waals surface area (Å²) in [6.45, 7) is 1.50. The predicted molar refractivity (Wildman–Crippen MR) is 98.2 cm³/mol. The fourth-order valence-corrected chi connectivity index (χ4v) is 2.60. The number of hydrogen-bond donors (Lipinski definition) is 1. The molecule has 1 N–H and O–H groups in total. The van der Waals surface area contributed by atoms with E-state index in [9.17, 15) is 9.59 Å². The molecule has 1 atom stereocenters. The molecule has 24 heavy (non-hydrogen) atoms. The summed E-state index contributed by atoms with van der Waals surface area (Å²) in [5.74, 6) is -1.09. The largest absolute Gasteiger partial charge is 0.449 e. The molecule has 2 rings (SSSR count). The van der Waals surface area contributed by atoms with Crippen LogP contribution in [0.4, 0.5) is 5.69 Å². The Kier molecular flexibility index (Phi) is 6.54. The van der Waals surface area contributed by atoms with E-state index in [0.29, 0.717) is 10.7 Å². The Morgan fingerprint density at radius 1 is 1.12 bits per heavy atom. The smallest absolute Gasteiger partial charge is 0.340 e. The highest BCUT2D eigenvalue weighted by Crippen LogP contribution is 2.24. The number of carbonyl (C=O) groups is 2. The number of halogens is 2. The molecule has 7 heteroatoms. The van der Waals surface area contributed by atoms with Gasteiger partial charge in [0.25, 0.3) is 5.91 Å². The van der Waals surface area contributed by atoms with Gasteiger partial charge in [0.1, 0.15) is 0 Å². The van der Waals surface area contributed by atoms with E-state index in [-0.39, 0.29) is 10.6 Å². The molecule has 0 saturated carbocycles. The van der Waals surface area contributed by atoms with Gasteiger partial charge in [-0.05, 0) is 55.6 Å². The SMILES string of the molecule is CSc1ccc(Cl)c(C(=O)O[C@@H](C)C(=O)Nc2ccc(Cl)cc2)c1. The van der Waals surface area contributed by atoms with Gasteiger partial charge in [0, 0.05) is 15.6 Å². The number of esters is 1. The van der Waals surface area contributed by atoms with Crippen LogP contribution in [-0.4, -0.2) is 24.2 Å². The van der Waals surface area contributed by atoms with Crippen LogP contribution < -0.4 is 5.32 Å². The molecular weight excluding hydrogens is 369 g/mol. The molecule has 0 saturated heterocycles. The van der Waals surface area contributed by atoms with Crippen LogP contribution in [0.2, 0.25) is 10.0 Å². The summed E-state index contributed by atoms with van der Waals surface area (Å²) >= 11 is 13.3. The lowest BCUT2D eigenvalue weighted by atomic mass is 10.2. The zero-order chi connectivity index (χ0) is 17.7. The molecule has 0 aliphatic rings. The van der Waals surface area contributed by atoms with Crippen LogP contribution in [0.25, 0.3) is 0 Å². The normalized spacial score (nSPS) is 11.7. The molecule has 0 aliphatic carbocycles. The minimum atomic E-state index is -0.970. The van der Waals surface area contributed by atoms with Gasteiger partial charge in [0.2, 0.25) is 0 Å². The average Bonchev–Trinajstić information content (AvgIpc) is 2.57. The van der Waals surface area contributed by atoms with E-state index in [4.69, 9.17) is 27.9 Å². The lowest BCUT2D eigenvalue weighted by molar-refractivity contribution is -0.123. The van der Waals surface area contributed by atoms with Gasteiger partial charge >= 0.3 is 5.97 Å². The van der Waals surface area contributed by atoms with Crippen molar-refractivity contribution in [1.82, 2.24) is 0 Å². The summed E-state index contributed by atoms with van der Waals surface area (Å²) in [5, 5.41) is 3.50. The topological polar surface area (TPSA) is 55.4 Å². The van der Waals surface area contributed by atoms with Crippen LogP contribution in [0.15, 0.2) is 47.4 Å². The highest BCUT2D eigenvalue weighted by molar-refractivity contribution is 7.98. The molecule has 0 spiro atoms. The number of rotatable bonds is 5. The standard InChI is InChI=1S/C17H15Cl2NO3S/c1-10(16(21)20-12-5-3-11(18)4-6-12)23-17(22)14-9-13(24-2)7-8-15(14)19/h3-10H,1-2H3,(H,20,21)/t10-/m0/s1. The van der Waals surface area contributed by atoms with Crippen molar-refractivity contribution in [3.05, 3.63) is 58.1 Å². The van der Waals surface area contributed by atoms with Crippen molar-refractivity contribution in [2.24, 2.45) is 0 Å². The number of hydrogen-bond acceptors (Lipinski definition) is 4. The van der Waals surface area contributed by atoms with Crippen LogP contribution in [0.1, 0.15) is 17.3 Å². The van der Waals surface area contributed by atoms with Gasteiger partial charge in [-0.25, -0.2) is 4.79 Å². The first-order chi connectivity index (χ1) is 11.4. The van der Waals surface area contributed by atoms with Crippen molar-refractivity contribution in [3.8, 4) is 0 Å². The Bertz CT molecular complexity index is 750. The van der Waals surface area contributed by atoms with Gasteiger partial charge in [0.05, 0.1) is 10.6 Å². The van der Waals surface area contributed by atoms with Crippen LogP contribution in [0, 0.1) is 0 Å². The third-order valence-electron chi connectivity index (χ3n) is 3.16. The Labute approximate surface area is 154 Å². The molecule has 126 valence electrons. The minimum absolute atomic E-state index is 0.231. The second-order valence-corrected chi connectivity index (χ2v) is 6.61. The van der Waals surface area contributed by atoms with Crippen LogP contribution in [0.3, 0.4) is 0 Å². The molecule has 1 amide bonds. The van der Waals surface area contributed by atoms with E-state index in [1.54, 1.807) is 42.5 Å². The van der Waals surface area contributed by atoms with E-state index in [1.165, 1.54) is 18.7 Å². The number of carbonyl (C=O) groups excluding carboxylic acids is 2. The van der Waals surface area contributed by atoms with Crippen LogP contribution in [-0.2, 0) is 9.53 Å². The van der Waals surface area contributed by atoms with Crippen molar-refractivity contribution in [1.29, 1.82) is 0 Å². The molecule has 0 bridgehead atoms. The first-order valence-electron chi connectivity index (χ1n) is 7.01. The fourth-order valence-electron chi connectivity index (χ4n) is 1.84. The molecule has 0 unspecified atom stereocenters. The molecule has 2 aromatic carbocycles. The second-order valence-electron chi connectivity index (χ2n) is 4.89. The lowest BCUT2D eigenvalue weighted by Gasteiger charge is -2.14. The van der Waals surface area contributed by atoms with E-state index >= 15 is 0 Å². The maximum Gasteiger partial charge on any atom is 0.340 e. The summed E-state index contributed by atoms with van der Waals surface area (Å²) in [6.07, 6.45) is 0.919. The first kappa shape index (κ1) is 18.6. The molecular formula is C17H15Cl2NO3S. The molecule has 0 aliphatic heterocycles. The summed E-state index contributed by atoms with van der Waals surface area (Å²) in [6, 6.07) is 11.7. The molecule has 0 radical (unpaired) electrons. The van der Waals surface area contributed by atoms with E-state index in [1.807, 2.05) is 6.26 Å². The second kappa shape index (κ2) is 8.42. The van der Waals surface area contributed by atoms with Crippen LogP contribution in [0.5, 0.6) is 0 Å². The summed E-state index contributed by atoms with van der Waals surface area (Å²) in [5.41, 5.74) is 0.796. The maximum absolute atomic E-state index is 12.2. The summed E-state index contributed by atoms with van der Waals surface area (Å²) < 4.78 is 5.20. The Morgan fingerprint density at radius 3 is 2.42 bits per heavy atom. The number of nitrogens with one attached hydrogen (secondary N) is 1. The first-order valence-corrected chi connectivity index (χ1v) is 8.99. The molecule has 2 aromatic rings. The maximum atomic E-state index is 12.2. The molecule has 0 aromatic heterocycles. The zero-order valence-electron chi connectivity index (χ0n) is 13.0. The molecule has 4 nitrogen and oxygen atoms in total. The summed E-state index contributed by atoms with van der Waals surface area (Å²) in [4.78, 5) is 25.2. The van der Waals surface area contributed by atoms with Gasteiger partial charge in [0.15, 0.2) is 6.10 Å². The van der Waals surface area contributed by atoms with E-state index in [2.05, 4.69) is 5.32 Å². The average molecular weight is 384 g/mol. The molecule has 0 fully saturated rings. The fraction of sp³-hybridized carbons (Fsp3) is 0.176. The highest BCUT2D eigenvalue weighted by Gasteiger charge is 2.21. The van der Waals surface area contributed by atoms with Gasteiger partial charge in [-0.1, -0.05) is 23.2 Å². The van der Waals surface area contributed by atoms with E-state index < -0.39 is 18.0 Å². The van der Waals surface area contributed by atoms with Crippen molar-refractivity contribution in [2.45, 2.75) is 17.9 Å². The van der Waals surface area contributed by atoms with Crippen molar-refractivity contribution < 1.29 is 14.3 Å². The van der Waals surface area contributed by atoms with Gasteiger partial charge in [-0.3, -0.25) is 4.79 Å². The Hall–Kier alpha value is -1.69. The Morgan fingerprint density at radius 2 is 1.79 bits per heavy atom. The third kappa shape index (κ3) is 4.90. The Balaban J connectivity index is 2.02. The van der Waals surface area contributed by atoms with Gasteiger partial charge in [-0.15, -0.1) is 11.8 Å². The third-order valence-corrected chi connectivity index (χ3v) is 4.47. The quantitative estimate of drug-likeness (QED) is 0.589. The summed E-state index contributed by atoms with van der Waals surface area (Å²) in [7, 11) is 0. The lowest BCUT2D eigenvalue weighted by Crippen LogP contribution is -2.30. The number of anilines is 1. The van der Waals surface area contributed by atoms with Gasteiger partial charge in [-0.2, -0.15) is 0 Å². The van der Waals surface area contributed by atoms with Crippen molar-refractivity contribution in [3.63, 3.8) is 0 Å². The van der Waals surface area contributed by atoms with E-state index in [0.717, 1.165) is 4.90 Å². The number of benzene rings is 2. The van der Waals surface area contributed by atoms with Crippen molar-refractivity contribution >= 4 is 52.5 Å². The number of amides is 1. The monoisotopic (exact) mass is 383 g/mol. The van der Waals surface area contributed by atoms with Crippen molar-refractivity contribution in [2.75, 3.05) is 11.6 Å². The molecule has 0 heterocycles. The highest BCUT2D eigenvalue weighted by atomic mass is 35.5. The zero-order valence-corrected chi connectivity index (χ0v) is 15.3. The van der Waals surface area contributed by atoms with Gasteiger partial charge < -0.3 is 10.1 Å². The minimum Gasteiger partial charge on any atom is -0.449 e. The number of ether oxygens (including phenoxy) is 1. The van der Waals surface area contributed by atoms with Crippen LogP contribution >= 0.6 is 35.0 Å². The number of thioether (sulfide) groups is 1. The predicted octanol–water partition coefficient (Wildman–Crippen LogP) is 4.90.